The molecule has 0 saturated heterocycles. The van der Waals surface area contributed by atoms with E-state index in [9.17, 15) is 9.18 Å². The predicted octanol–water partition coefficient (Wildman–Crippen LogP) is 1.27. The van der Waals surface area contributed by atoms with Crippen molar-refractivity contribution in [1.29, 1.82) is 0 Å². The van der Waals surface area contributed by atoms with Gasteiger partial charge in [0.05, 0.1) is 13.7 Å². The lowest BCUT2D eigenvalue weighted by molar-refractivity contribution is -0.144. The smallest absolute Gasteiger partial charge is 0.323 e. The average molecular weight is 241 g/mol. The second-order valence-electron chi connectivity index (χ2n) is 3.52. The predicted molar refractivity (Wildman–Crippen MR) is 61.3 cm³/mol. The quantitative estimate of drug-likeness (QED) is 0.788. The molecule has 0 aliphatic rings. The summed E-state index contributed by atoms with van der Waals surface area (Å²) in [5.41, 5.74) is 5.97. The Kier molecular flexibility index (Phi) is 4.90. The van der Waals surface area contributed by atoms with E-state index in [4.69, 9.17) is 15.2 Å². The second-order valence-corrected chi connectivity index (χ2v) is 3.52. The first-order valence-corrected chi connectivity index (χ1v) is 5.33. The number of benzene rings is 1. The monoisotopic (exact) mass is 241 g/mol. The van der Waals surface area contributed by atoms with Gasteiger partial charge in [-0.1, -0.05) is 6.07 Å². The van der Waals surface area contributed by atoms with Crippen molar-refractivity contribution in [3.8, 4) is 5.75 Å². The van der Waals surface area contributed by atoms with Crippen LogP contribution in [-0.4, -0.2) is 25.7 Å². The SMILES string of the molecule is CCOC(=O)C(N)Cc1ccc(OC)cc1F. The van der Waals surface area contributed by atoms with E-state index in [0.717, 1.165) is 0 Å². The van der Waals surface area contributed by atoms with Crippen LogP contribution in [0, 0.1) is 5.82 Å². The van der Waals surface area contributed by atoms with Crippen LogP contribution in [0.4, 0.5) is 4.39 Å². The molecule has 0 saturated carbocycles. The lowest BCUT2D eigenvalue weighted by Crippen LogP contribution is -2.34. The number of esters is 1. The molecule has 0 heterocycles. The maximum absolute atomic E-state index is 13.6. The van der Waals surface area contributed by atoms with E-state index >= 15 is 0 Å². The normalized spacial score (nSPS) is 12.0. The molecule has 1 rings (SSSR count). The van der Waals surface area contributed by atoms with E-state index in [2.05, 4.69) is 0 Å². The van der Waals surface area contributed by atoms with E-state index in [1.807, 2.05) is 0 Å². The molecule has 0 bridgehead atoms. The highest BCUT2D eigenvalue weighted by atomic mass is 19.1. The summed E-state index contributed by atoms with van der Waals surface area (Å²) in [7, 11) is 1.46. The molecular weight excluding hydrogens is 225 g/mol. The topological polar surface area (TPSA) is 61.5 Å². The number of halogens is 1. The Bertz CT molecular complexity index is 395. The van der Waals surface area contributed by atoms with Gasteiger partial charge in [-0.2, -0.15) is 0 Å². The van der Waals surface area contributed by atoms with Crippen molar-refractivity contribution in [3.63, 3.8) is 0 Å². The summed E-state index contributed by atoms with van der Waals surface area (Å²) in [6, 6.07) is 3.58. The minimum Gasteiger partial charge on any atom is -0.497 e. The zero-order chi connectivity index (χ0) is 12.8. The minimum atomic E-state index is -0.849. The molecule has 0 fully saturated rings. The van der Waals surface area contributed by atoms with Crippen LogP contribution in [0.2, 0.25) is 0 Å². The molecule has 0 radical (unpaired) electrons. The van der Waals surface area contributed by atoms with Crippen molar-refractivity contribution in [2.24, 2.45) is 5.73 Å². The van der Waals surface area contributed by atoms with Crippen molar-refractivity contribution < 1.29 is 18.7 Å². The Morgan fingerprint density at radius 1 is 1.53 bits per heavy atom. The van der Waals surface area contributed by atoms with Crippen LogP contribution >= 0.6 is 0 Å². The van der Waals surface area contributed by atoms with Crippen LogP contribution in [0.25, 0.3) is 0 Å². The number of rotatable bonds is 5. The molecule has 0 aliphatic carbocycles. The first-order chi connectivity index (χ1) is 8.08. The number of carbonyl (C=O) groups excluding carboxylic acids is 1. The van der Waals surface area contributed by atoms with Crippen molar-refractivity contribution in [1.82, 2.24) is 0 Å². The Labute approximate surface area is 99.5 Å². The number of nitrogens with two attached hydrogens (primary N) is 1. The zero-order valence-corrected chi connectivity index (χ0v) is 9.90. The first-order valence-electron chi connectivity index (χ1n) is 5.33. The first kappa shape index (κ1) is 13.4. The summed E-state index contributed by atoms with van der Waals surface area (Å²) in [4.78, 5) is 11.3. The maximum atomic E-state index is 13.6. The molecule has 94 valence electrons. The number of carbonyl (C=O) groups is 1. The van der Waals surface area contributed by atoms with Gasteiger partial charge >= 0.3 is 5.97 Å². The highest BCUT2D eigenvalue weighted by Gasteiger charge is 2.17. The van der Waals surface area contributed by atoms with E-state index < -0.39 is 17.8 Å². The Hall–Kier alpha value is -1.62. The van der Waals surface area contributed by atoms with E-state index in [0.29, 0.717) is 11.3 Å². The standard InChI is InChI=1S/C12H16FNO3/c1-3-17-12(15)11(14)6-8-4-5-9(16-2)7-10(8)13/h4-5,7,11H,3,6,14H2,1-2H3. The second kappa shape index (κ2) is 6.20. The van der Waals surface area contributed by atoms with Gasteiger partial charge in [0.25, 0.3) is 0 Å². The van der Waals surface area contributed by atoms with Gasteiger partial charge in [0, 0.05) is 12.5 Å². The third-order valence-electron chi connectivity index (χ3n) is 2.29. The highest BCUT2D eigenvalue weighted by molar-refractivity contribution is 5.75. The van der Waals surface area contributed by atoms with Crippen molar-refractivity contribution in [3.05, 3.63) is 29.6 Å². The number of ether oxygens (including phenoxy) is 2. The lowest BCUT2D eigenvalue weighted by atomic mass is 10.1. The molecule has 0 aromatic heterocycles. The summed E-state index contributed by atoms with van der Waals surface area (Å²) in [5, 5.41) is 0. The summed E-state index contributed by atoms with van der Waals surface area (Å²) in [6.45, 7) is 1.95. The number of hydrogen-bond acceptors (Lipinski definition) is 4. The van der Waals surface area contributed by atoms with Crippen LogP contribution < -0.4 is 10.5 Å². The molecule has 1 unspecified atom stereocenters. The van der Waals surface area contributed by atoms with Gasteiger partial charge < -0.3 is 15.2 Å². The fraction of sp³-hybridized carbons (Fsp3) is 0.417. The Morgan fingerprint density at radius 3 is 2.76 bits per heavy atom. The molecule has 0 spiro atoms. The lowest BCUT2D eigenvalue weighted by Gasteiger charge is -2.11. The van der Waals surface area contributed by atoms with Gasteiger partial charge in [-0.3, -0.25) is 4.79 Å². The largest absolute Gasteiger partial charge is 0.497 e. The molecule has 1 aromatic carbocycles. The molecule has 2 N–H and O–H groups in total. The van der Waals surface area contributed by atoms with Gasteiger partial charge in [-0.05, 0) is 18.6 Å². The molecule has 5 heteroatoms. The Balaban J connectivity index is 2.71. The molecule has 1 atom stereocenters. The summed E-state index contributed by atoms with van der Waals surface area (Å²) >= 11 is 0. The number of hydrogen-bond donors (Lipinski definition) is 1. The van der Waals surface area contributed by atoms with Gasteiger partial charge in [0.1, 0.15) is 17.6 Å². The molecule has 0 amide bonds. The average Bonchev–Trinajstić information content (AvgIpc) is 2.31. The van der Waals surface area contributed by atoms with Gasteiger partial charge in [-0.15, -0.1) is 0 Å². The Morgan fingerprint density at radius 2 is 2.24 bits per heavy atom. The van der Waals surface area contributed by atoms with Gasteiger partial charge in [0.15, 0.2) is 0 Å². The van der Waals surface area contributed by atoms with Crippen molar-refractivity contribution in [2.45, 2.75) is 19.4 Å². The van der Waals surface area contributed by atoms with Gasteiger partial charge in [0.2, 0.25) is 0 Å². The third-order valence-corrected chi connectivity index (χ3v) is 2.29. The van der Waals surface area contributed by atoms with Crippen LogP contribution in [0.1, 0.15) is 12.5 Å². The maximum Gasteiger partial charge on any atom is 0.323 e. The van der Waals surface area contributed by atoms with Crippen LogP contribution in [0.15, 0.2) is 18.2 Å². The molecule has 4 nitrogen and oxygen atoms in total. The summed E-state index contributed by atoms with van der Waals surface area (Å²) in [5.74, 6) is -0.539. The third kappa shape index (κ3) is 3.71. The fourth-order valence-corrected chi connectivity index (χ4v) is 1.39. The fourth-order valence-electron chi connectivity index (χ4n) is 1.39. The summed E-state index contributed by atoms with van der Waals surface area (Å²) in [6.07, 6.45) is 0.106. The van der Waals surface area contributed by atoms with Crippen LogP contribution in [-0.2, 0) is 16.0 Å². The van der Waals surface area contributed by atoms with E-state index in [-0.39, 0.29) is 13.0 Å². The zero-order valence-electron chi connectivity index (χ0n) is 9.90. The van der Waals surface area contributed by atoms with Crippen LogP contribution in [0.3, 0.4) is 0 Å². The summed E-state index contributed by atoms with van der Waals surface area (Å²) < 4.78 is 23.2. The molecule has 17 heavy (non-hydrogen) atoms. The van der Waals surface area contributed by atoms with Crippen LogP contribution in [0.5, 0.6) is 5.75 Å². The van der Waals surface area contributed by atoms with Gasteiger partial charge in [-0.25, -0.2) is 4.39 Å². The minimum absolute atomic E-state index is 0.106. The van der Waals surface area contributed by atoms with Crippen molar-refractivity contribution in [2.75, 3.05) is 13.7 Å². The number of methoxy groups -OCH3 is 1. The van der Waals surface area contributed by atoms with E-state index in [1.165, 1.54) is 13.2 Å². The van der Waals surface area contributed by atoms with E-state index in [1.54, 1.807) is 19.1 Å². The molecule has 0 aliphatic heterocycles. The molecular formula is C12H16FNO3. The molecule has 1 aromatic rings. The highest BCUT2D eigenvalue weighted by Crippen LogP contribution is 2.17. The van der Waals surface area contributed by atoms with Crippen molar-refractivity contribution >= 4 is 5.97 Å².